The maximum atomic E-state index is 11.9. The summed E-state index contributed by atoms with van der Waals surface area (Å²) in [5.74, 6) is -1.68. The van der Waals surface area contributed by atoms with Crippen LogP contribution in [0, 0.1) is 0 Å². The Bertz CT molecular complexity index is 978. The number of carbonyl (C=O) groups excluding carboxylic acids is 2. The molecule has 0 atom stereocenters. The highest BCUT2D eigenvalue weighted by Crippen LogP contribution is 2.35. The fourth-order valence-corrected chi connectivity index (χ4v) is 2.27. The van der Waals surface area contributed by atoms with Crippen LogP contribution in [-0.2, 0) is 4.79 Å². The van der Waals surface area contributed by atoms with Crippen LogP contribution < -0.4 is 5.32 Å². The molecule has 8 heteroatoms. The van der Waals surface area contributed by atoms with E-state index in [-0.39, 0.29) is 29.4 Å². The van der Waals surface area contributed by atoms with Gasteiger partial charge in [-0.2, -0.15) is 0 Å². The molecule has 0 fully saturated rings. The first-order chi connectivity index (χ1) is 12.1. The third-order valence-electron chi connectivity index (χ3n) is 3.47. The number of aromatic nitrogens is 1. The molecule has 0 saturated heterocycles. The number of nitrogens with zero attached hydrogens (tertiary/aromatic N) is 2. The Morgan fingerprint density at radius 2 is 1.76 bits per heavy atom. The van der Waals surface area contributed by atoms with Gasteiger partial charge in [0.25, 0.3) is 11.8 Å². The topological polar surface area (TPSA) is 127 Å². The van der Waals surface area contributed by atoms with Gasteiger partial charge in [0.2, 0.25) is 5.88 Å². The number of azo groups is 1. The number of phenolic OH excluding ortho intramolecular Hbond substituents is 1. The van der Waals surface area contributed by atoms with E-state index in [1.165, 1.54) is 12.1 Å². The normalized spacial score (nSPS) is 11.0. The minimum Gasteiger partial charge on any atom is -0.507 e. The highest BCUT2D eigenvalue weighted by molar-refractivity contribution is 5.99. The second-order valence-corrected chi connectivity index (χ2v) is 5.16. The van der Waals surface area contributed by atoms with Gasteiger partial charge in [0.05, 0.1) is 11.1 Å². The van der Waals surface area contributed by atoms with E-state index in [9.17, 15) is 19.8 Å². The number of nitrogens with one attached hydrogen (secondary N) is 2. The lowest BCUT2D eigenvalue weighted by Gasteiger charge is -2.04. The van der Waals surface area contributed by atoms with Crippen molar-refractivity contribution in [1.29, 1.82) is 0 Å². The molecule has 2 aromatic carbocycles. The molecule has 0 aliphatic carbocycles. The number of hydrogen-bond donors (Lipinski definition) is 4. The summed E-state index contributed by atoms with van der Waals surface area (Å²) in [5.41, 5.74) is 0.867. The molecule has 1 aromatic heterocycles. The van der Waals surface area contributed by atoms with Crippen molar-refractivity contribution in [3.05, 3.63) is 54.1 Å². The Balaban J connectivity index is 1.66. The smallest absolute Gasteiger partial charge is 0.283 e. The highest BCUT2D eigenvalue weighted by Gasteiger charge is 2.13. The predicted octanol–water partition coefficient (Wildman–Crippen LogP) is 2.62. The van der Waals surface area contributed by atoms with E-state index in [0.29, 0.717) is 10.9 Å². The molecule has 0 aliphatic rings. The van der Waals surface area contributed by atoms with E-state index >= 15 is 0 Å². The molecule has 8 nitrogen and oxygen atoms in total. The number of para-hydroxylation sites is 2. The van der Waals surface area contributed by atoms with Crippen LogP contribution in [-0.4, -0.2) is 33.6 Å². The second kappa shape index (κ2) is 6.83. The molecule has 0 saturated carbocycles. The summed E-state index contributed by atoms with van der Waals surface area (Å²) >= 11 is 0. The third-order valence-corrected chi connectivity index (χ3v) is 3.47. The maximum absolute atomic E-state index is 11.9. The van der Waals surface area contributed by atoms with Gasteiger partial charge in [0, 0.05) is 5.39 Å². The highest BCUT2D eigenvalue weighted by atomic mass is 16.3. The number of hydrogen-bond acceptors (Lipinski definition) is 5. The maximum Gasteiger partial charge on any atom is 0.283 e. The number of fused-ring (bicyclic) bond motifs is 1. The Hall–Kier alpha value is -3.68. The van der Waals surface area contributed by atoms with Gasteiger partial charge in [-0.3, -0.25) is 9.59 Å². The van der Waals surface area contributed by atoms with Crippen LogP contribution in [0.1, 0.15) is 10.4 Å². The molecule has 1 heterocycles. The SMILES string of the molecule is O=C(CNC(=O)c1ccccc1O)N=Nc1c(O)[nH]c2ccccc12. The number of benzene rings is 2. The molecule has 0 unspecified atom stereocenters. The Morgan fingerprint density at radius 1 is 1.04 bits per heavy atom. The Labute approximate surface area is 141 Å². The van der Waals surface area contributed by atoms with Gasteiger partial charge in [0.1, 0.15) is 12.3 Å². The summed E-state index contributed by atoms with van der Waals surface area (Å²) in [6.07, 6.45) is 0. The summed E-state index contributed by atoms with van der Waals surface area (Å²) in [4.78, 5) is 26.4. The Kier molecular flexibility index (Phi) is 4.42. The minimum absolute atomic E-state index is 0.0570. The van der Waals surface area contributed by atoms with Gasteiger partial charge in [-0.1, -0.05) is 30.3 Å². The van der Waals surface area contributed by atoms with Gasteiger partial charge < -0.3 is 20.5 Å². The van der Waals surface area contributed by atoms with E-state index in [1.807, 2.05) is 0 Å². The molecular weight excluding hydrogens is 324 g/mol. The minimum atomic E-state index is -0.701. The lowest BCUT2D eigenvalue weighted by Crippen LogP contribution is -2.28. The van der Waals surface area contributed by atoms with E-state index in [0.717, 1.165) is 0 Å². The van der Waals surface area contributed by atoms with Crippen LogP contribution in [0.4, 0.5) is 5.69 Å². The summed E-state index contributed by atoms with van der Waals surface area (Å²) in [5, 5.41) is 29.6. The molecule has 3 rings (SSSR count). The zero-order chi connectivity index (χ0) is 17.8. The zero-order valence-corrected chi connectivity index (χ0v) is 12.9. The molecule has 126 valence electrons. The number of aromatic amines is 1. The van der Waals surface area contributed by atoms with E-state index in [1.54, 1.807) is 36.4 Å². The number of phenols is 1. The molecule has 25 heavy (non-hydrogen) atoms. The van der Waals surface area contributed by atoms with Crippen molar-refractivity contribution in [2.45, 2.75) is 0 Å². The van der Waals surface area contributed by atoms with Crippen LogP contribution in [0.5, 0.6) is 11.6 Å². The number of aromatic hydroxyl groups is 2. The Morgan fingerprint density at radius 3 is 2.56 bits per heavy atom. The van der Waals surface area contributed by atoms with Crippen molar-refractivity contribution in [3.63, 3.8) is 0 Å². The number of amides is 2. The van der Waals surface area contributed by atoms with Crippen LogP contribution in [0.3, 0.4) is 0 Å². The molecule has 0 spiro atoms. The van der Waals surface area contributed by atoms with E-state index < -0.39 is 11.8 Å². The lowest BCUT2D eigenvalue weighted by atomic mass is 10.2. The second-order valence-electron chi connectivity index (χ2n) is 5.16. The fraction of sp³-hybridized carbons (Fsp3) is 0.0588. The van der Waals surface area contributed by atoms with E-state index in [2.05, 4.69) is 20.5 Å². The van der Waals surface area contributed by atoms with Crippen LogP contribution >= 0.6 is 0 Å². The van der Waals surface area contributed by atoms with Crippen molar-refractivity contribution < 1.29 is 19.8 Å². The van der Waals surface area contributed by atoms with Crippen LogP contribution in [0.25, 0.3) is 10.9 Å². The first-order valence-electron chi connectivity index (χ1n) is 7.36. The molecule has 0 bridgehead atoms. The monoisotopic (exact) mass is 338 g/mol. The first kappa shape index (κ1) is 16.2. The van der Waals surface area contributed by atoms with Gasteiger partial charge in [-0.05, 0) is 18.2 Å². The number of carbonyl (C=O) groups is 2. The molecule has 0 aliphatic heterocycles. The van der Waals surface area contributed by atoms with Gasteiger partial charge in [-0.15, -0.1) is 10.2 Å². The average Bonchev–Trinajstić information content (AvgIpc) is 2.93. The zero-order valence-electron chi connectivity index (χ0n) is 12.9. The molecule has 2 amide bonds. The van der Waals surface area contributed by atoms with Crippen molar-refractivity contribution in [2.75, 3.05) is 6.54 Å². The van der Waals surface area contributed by atoms with Gasteiger partial charge in [0.15, 0.2) is 5.69 Å². The molecular formula is C17H14N4O4. The third kappa shape index (κ3) is 3.47. The molecule has 0 radical (unpaired) electrons. The van der Waals surface area contributed by atoms with Crippen molar-refractivity contribution in [2.24, 2.45) is 10.2 Å². The predicted molar refractivity (Wildman–Crippen MR) is 89.9 cm³/mol. The average molecular weight is 338 g/mol. The van der Waals surface area contributed by atoms with Gasteiger partial charge >= 0.3 is 0 Å². The van der Waals surface area contributed by atoms with Crippen molar-refractivity contribution in [1.82, 2.24) is 10.3 Å². The summed E-state index contributed by atoms with van der Waals surface area (Å²) < 4.78 is 0. The number of H-pyrrole nitrogens is 1. The first-order valence-corrected chi connectivity index (χ1v) is 7.36. The summed E-state index contributed by atoms with van der Waals surface area (Å²) in [6, 6.07) is 13.0. The van der Waals surface area contributed by atoms with Crippen molar-refractivity contribution >= 4 is 28.4 Å². The molecule has 3 aromatic rings. The van der Waals surface area contributed by atoms with Crippen LogP contribution in [0.15, 0.2) is 58.8 Å². The largest absolute Gasteiger partial charge is 0.507 e. The number of rotatable bonds is 4. The quantitative estimate of drug-likeness (QED) is 0.545. The van der Waals surface area contributed by atoms with E-state index in [4.69, 9.17) is 0 Å². The van der Waals surface area contributed by atoms with Gasteiger partial charge in [-0.25, -0.2) is 0 Å². The standard InChI is InChI=1S/C17H14N4O4/c22-13-8-4-2-6-11(13)16(24)18-9-14(23)20-21-15-10-5-1-3-7-12(10)19-17(15)25/h1-8,19,22,25H,9H2,(H,18,24). The van der Waals surface area contributed by atoms with Crippen LogP contribution in [0.2, 0.25) is 0 Å². The molecule has 4 N–H and O–H groups in total. The lowest BCUT2D eigenvalue weighted by molar-refractivity contribution is -0.117. The summed E-state index contributed by atoms with van der Waals surface area (Å²) in [6.45, 7) is -0.389. The summed E-state index contributed by atoms with van der Waals surface area (Å²) in [7, 11) is 0. The fourth-order valence-electron chi connectivity index (χ4n) is 2.27. The van der Waals surface area contributed by atoms with Crippen molar-refractivity contribution in [3.8, 4) is 11.6 Å².